The number of rotatable bonds is 5. The van der Waals surface area contributed by atoms with E-state index < -0.39 is 31.1 Å². The second-order valence-electron chi connectivity index (χ2n) is 3.88. The Morgan fingerprint density at radius 1 is 1.24 bits per heavy atom. The van der Waals surface area contributed by atoms with Gasteiger partial charge in [-0.05, 0) is 18.2 Å². The highest BCUT2D eigenvalue weighted by Crippen LogP contribution is 2.21. The smallest absolute Gasteiger partial charge is 0.323 e. The van der Waals surface area contributed by atoms with Crippen LogP contribution in [0.2, 0.25) is 0 Å². The minimum atomic E-state index is -1.35. The molecule has 1 aromatic rings. The molecule has 21 heavy (non-hydrogen) atoms. The van der Waals surface area contributed by atoms with Crippen molar-refractivity contribution in [2.45, 2.75) is 0 Å². The third-order valence-electron chi connectivity index (χ3n) is 2.28. The predicted molar refractivity (Wildman–Crippen MR) is 74.7 cm³/mol. The van der Waals surface area contributed by atoms with E-state index in [-0.39, 0.29) is 11.3 Å². The van der Waals surface area contributed by atoms with Crippen LogP contribution in [-0.2, 0) is 9.59 Å². The Hall–Kier alpha value is -2.60. The van der Waals surface area contributed by atoms with E-state index in [9.17, 15) is 14.4 Å². The number of carboxylic acids is 2. The number of carbonyl (C=O) groups is 3. The number of anilines is 1. The number of benzene rings is 1. The Morgan fingerprint density at radius 2 is 1.81 bits per heavy atom. The maximum atomic E-state index is 11.9. The van der Waals surface area contributed by atoms with Crippen molar-refractivity contribution in [3.8, 4) is 6.07 Å². The number of nitrogens with zero attached hydrogens (tertiary/aromatic N) is 2. The molecule has 0 heterocycles. The summed E-state index contributed by atoms with van der Waals surface area (Å²) in [5.41, 5.74) is 0.315. The van der Waals surface area contributed by atoms with Crippen molar-refractivity contribution in [3.05, 3.63) is 28.2 Å². The zero-order chi connectivity index (χ0) is 16.0. The standard InChI is InChI=1S/C12H10BrN3O5/c13-8-2-1-7(4-14)9(3-8)15-12(21)16(5-10(17)18)6-11(19)20/h1-3H,5-6H2,(H,15,21)(H,17,18)(H,19,20). The van der Waals surface area contributed by atoms with Crippen molar-refractivity contribution in [2.75, 3.05) is 18.4 Å². The monoisotopic (exact) mass is 355 g/mol. The topological polar surface area (TPSA) is 131 Å². The van der Waals surface area contributed by atoms with Gasteiger partial charge in [-0.3, -0.25) is 9.59 Å². The van der Waals surface area contributed by atoms with Crippen LogP contribution in [-0.4, -0.2) is 46.2 Å². The van der Waals surface area contributed by atoms with E-state index in [1.165, 1.54) is 12.1 Å². The average Bonchev–Trinajstić information content (AvgIpc) is 2.37. The van der Waals surface area contributed by atoms with Crippen molar-refractivity contribution >= 4 is 39.6 Å². The molecule has 0 unspecified atom stereocenters. The zero-order valence-corrected chi connectivity index (χ0v) is 12.1. The van der Waals surface area contributed by atoms with E-state index in [1.54, 1.807) is 6.07 Å². The average molecular weight is 356 g/mol. The van der Waals surface area contributed by atoms with Crippen LogP contribution in [0.15, 0.2) is 22.7 Å². The number of hydrogen-bond donors (Lipinski definition) is 3. The fraction of sp³-hybridized carbons (Fsp3) is 0.167. The molecule has 0 radical (unpaired) electrons. The molecule has 0 aromatic heterocycles. The Labute approximate surface area is 127 Å². The van der Waals surface area contributed by atoms with Gasteiger partial charge in [0.05, 0.1) is 11.3 Å². The van der Waals surface area contributed by atoms with E-state index >= 15 is 0 Å². The molecule has 110 valence electrons. The molecule has 1 rings (SSSR count). The number of nitrogens with one attached hydrogen (secondary N) is 1. The second-order valence-corrected chi connectivity index (χ2v) is 4.79. The number of aliphatic carboxylic acids is 2. The van der Waals surface area contributed by atoms with Crippen LogP contribution in [0.5, 0.6) is 0 Å². The number of hydrogen-bond acceptors (Lipinski definition) is 4. The normalized spacial score (nSPS) is 9.52. The second kappa shape index (κ2) is 7.25. The molecule has 0 fully saturated rings. The molecular formula is C12H10BrN3O5. The molecule has 8 nitrogen and oxygen atoms in total. The largest absolute Gasteiger partial charge is 0.480 e. The Morgan fingerprint density at radius 3 is 2.29 bits per heavy atom. The van der Waals surface area contributed by atoms with Crippen LogP contribution in [0.1, 0.15) is 5.56 Å². The van der Waals surface area contributed by atoms with Gasteiger partial charge >= 0.3 is 18.0 Å². The molecule has 0 atom stereocenters. The van der Waals surface area contributed by atoms with Gasteiger partial charge in [0.1, 0.15) is 19.2 Å². The number of urea groups is 1. The molecule has 0 aliphatic carbocycles. The van der Waals surface area contributed by atoms with Gasteiger partial charge in [-0.2, -0.15) is 5.26 Å². The van der Waals surface area contributed by atoms with E-state index in [0.29, 0.717) is 9.37 Å². The quantitative estimate of drug-likeness (QED) is 0.729. The Balaban J connectivity index is 2.96. The minimum absolute atomic E-state index is 0.151. The summed E-state index contributed by atoms with van der Waals surface area (Å²) in [6.45, 7) is -1.54. The summed E-state index contributed by atoms with van der Waals surface area (Å²) in [4.78, 5) is 33.8. The van der Waals surface area contributed by atoms with E-state index in [2.05, 4.69) is 21.2 Å². The molecule has 0 spiro atoms. The molecule has 0 saturated carbocycles. The van der Waals surface area contributed by atoms with Crippen LogP contribution in [0.4, 0.5) is 10.5 Å². The van der Waals surface area contributed by atoms with Crippen LogP contribution in [0, 0.1) is 11.3 Å². The van der Waals surface area contributed by atoms with Gasteiger partial charge in [-0.15, -0.1) is 0 Å². The summed E-state index contributed by atoms with van der Waals surface area (Å²) < 4.78 is 0.597. The fourth-order valence-corrected chi connectivity index (χ4v) is 1.80. The first-order valence-corrected chi connectivity index (χ1v) is 6.32. The maximum absolute atomic E-state index is 11.9. The third-order valence-corrected chi connectivity index (χ3v) is 2.78. The summed E-state index contributed by atoms with van der Waals surface area (Å²) in [5.74, 6) is -2.69. The van der Waals surface area contributed by atoms with Crippen molar-refractivity contribution < 1.29 is 24.6 Å². The summed E-state index contributed by atoms with van der Waals surface area (Å²) in [6.07, 6.45) is 0. The lowest BCUT2D eigenvalue weighted by Gasteiger charge is -2.19. The first kappa shape index (κ1) is 16.5. The predicted octanol–water partition coefficient (Wildman–Crippen LogP) is 1.32. The highest BCUT2D eigenvalue weighted by atomic mass is 79.9. The SMILES string of the molecule is N#Cc1ccc(Br)cc1NC(=O)N(CC(=O)O)CC(=O)O. The van der Waals surface area contributed by atoms with Gasteiger partial charge in [-0.1, -0.05) is 15.9 Å². The van der Waals surface area contributed by atoms with Crippen molar-refractivity contribution in [2.24, 2.45) is 0 Å². The molecule has 0 saturated heterocycles. The Bertz CT molecular complexity index is 610. The molecule has 2 amide bonds. The van der Waals surface area contributed by atoms with Gasteiger partial charge in [0.25, 0.3) is 0 Å². The lowest BCUT2D eigenvalue weighted by molar-refractivity contribution is -0.140. The lowest BCUT2D eigenvalue weighted by atomic mass is 10.2. The molecular weight excluding hydrogens is 346 g/mol. The fourth-order valence-electron chi connectivity index (χ4n) is 1.44. The summed E-state index contributed by atoms with van der Waals surface area (Å²) in [7, 11) is 0. The van der Waals surface area contributed by atoms with E-state index in [1.807, 2.05) is 6.07 Å². The van der Waals surface area contributed by atoms with Crippen LogP contribution < -0.4 is 5.32 Å². The molecule has 3 N–H and O–H groups in total. The first-order chi connectivity index (χ1) is 9.83. The third kappa shape index (κ3) is 5.12. The summed E-state index contributed by atoms with van der Waals surface area (Å²) in [6, 6.07) is 5.45. The molecule has 1 aromatic carbocycles. The highest BCUT2D eigenvalue weighted by molar-refractivity contribution is 9.10. The van der Waals surface area contributed by atoms with Crippen molar-refractivity contribution in [1.29, 1.82) is 5.26 Å². The number of carbonyl (C=O) groups excluding carboxylic acids is 1. The first-order valence-electron chi connectivity index (χ1n) is 5.52. The molecule has 0 aliphatic rings. The maximum Gasteiger partial charge on any atom is 0.323 e. The van der Waals surface area contributed by atoms with Crippen LogP contribution in [0.25, 0.3) is 0 Å². The lowest BCUT2D eigenvalue weighted by Crippen LogP contribution is -2.42. The van der Waals surface area contributed by atoms with Gasteiger partial charge in [0, 0.05) is 4.47 Å². The van der Waals surface area contributed by atoms with Gasteiger partial charge in [-0.25, -0.2) is 4.79 Å². The number of amides is 2. The van der Waals surface area contributed by atoms with Crippen molar-refractivity contribution in [1.82, 2.24) is 4.90 Å². The van der Waals surface area contributed by atoms with Crippen LogP contribution in [0.3, 0.4) is 0 Å². The zero-order valence-electron chi connectivity index (χ0n) is 10.5. The van der Waals surface area contributed by atoms with Crippen molar-refractivity contribution in [3.63, 3.8) is 0 Å². The van der Waals surface area contributed by atoms with E-state index in [0.717, 1.165) is 0 Å². The number of nitriles is 1. The minimum Gasteiger partial charge on any atom is -0.480 e. The molecule has 0 bridgehead atoms. The Kier molecular flexibility index (Phi) is 5.68. The van der Waals surface area contributed by atoms with Gasteiger partial charge < -0.3 is 20.4 Å². The van der Waals surface area contributed by atoms with E-state index in [4.69, 9.17) is 15.5 Å². The highest BCUT2D eigenvalue weighted by Gasteiger charge is 2.20. The van der Waals surface area contributed by atoms with Gasteiger partial charge in [0.15, 0.2) is 0 Å². The van der Waals surface area contributed by atoms with Gasteiger partial charge in [0.2, 0.25) is 0 Å². The number of halogens is 1. The van der Waals surface area contributed by atoms with Crippen LogP contribution >= 0.6 is 15.9 Å². The molecule has 9 heteroatoms. The molecule has 0 aliphatic heterocycles. The summed E-state index contributed by atoms with van der Waals surface area (Å²) >= 11 is 3.17. The number of carboxylic acid groups (broad SMARTS) is 2. The summed E-state index contributed by atoms with van der Waals surface area (Å²) in [5, 5.41) is 28.6.